The second-order valence-corrected chi connectivity index (χ2v) is 9.43. The van der Waals surface area contributed by atoms with Gasteiger partial charge in [0.05, 0.1) is 11.0 Å². The fraction of sp³-hybridized carbons (Fsp3) is 0. The smallest absolute Gasteiger partial charge is 0.238 e. The zero-order chi connectivity index (χ0) is 26.9. The Morgan fingerprint density at radius 3 is 1.77 bits per heavy atom. The Kier molecular flexibility index (Phi) is 5.83. The molecule has 5 aromatic carbocycles. The maximum atomic E-state index is 8.49. The minimum absolute atomic E-state index is 0.499. The number of hydrogen-bond acceptors (Lipinski definition) is 5. The van der Waals surface area contributed by atoms with Crippen molar-refractivity contribution in [2.24, 2.45) is 0 Å². The molecule has 0 aliphatic heterocycles. The summed E-state index contributed by atoms with van der Waals surface area (Å²) in [5, 5.41) is 14.1. The first-order valence-electron chi connectivity index (χ1n) is 13.1. The van der Waals surface area contributed by atoms with Crippen LogP contribution in [0.5, 0.6) is 0 Å². The van der Waals surface area contributed by atoms with Gasteiger partial charge in [-0.2, -0.15) is 9.97 Å². The predicted molar refractivity (Wildman–Crippen MR) is 163 cm³/mol. The van der Waals surface area contributed by atoms with Crippen LogP contribution in [-0.4, -0.2) is 25.7 Å². The zero-order valence-corrected chi connectivity index (χ0v) is 21.5. The van der Waals surface area contributed by atoms with E-state index in [0.29, 0.717) is 17.6 Å². The highest BCUT2D eigenvalue weighted by Crippen LogP contribution is 2.37. The van der Waals surface area contributed by atoms with E-state index in [2.05, 4.69) is 28.1 Å². The van der Waals surface area contributed by atoms with Gasteiger partial charge in [0.2, 0.25) is 5.95 Å². The van der Waals surface area contributed by atoms with E-state index >= 15 is 0 Å². The number of para-hydroxylation sites is 2. The minimum atomic E-state index is 0.499. The Morgan fingerprint density at radius 1 is 0.575 bits per heavy atom. The third kappa shape index (κ3) is 4.08. The van der Waals surface area contributed by atoms with Crippen LogP contribution < -0.4 is 5.32 Å². The van der Waals surface area contributed by atoms with Crippen molar-refractivity contribution in [1.29, 1.82) is 5.41 Å². The lowest BCUT2D eigenvalue weighted by atomic mass is 10.1. The van der Waals surface area contributed by atoms with E-state index in [1.807, 2.05) is 109 Å². The maximum absolute atomic E-state index is 8.49. The van der Waals surface area contributed by atoms with Crippen molar-refractivity contribution in [3.05, 3.63) is 133 Å². The number of fused-ring (bicyclic) bond motifs is 3. The summed E-state index contributed by atoms with van der Waals surface area (Å²) in [7, 11) is 0. The van der Waals surface area contributed by atoms with Crippen molar-refractivity contribution in [2.75, 3.05) is 5.32 Å². The second kappa shape index (κ2) is 9.93. The number of anilines is 2. The Balaban J connectivity index is 1.55. The van der Waals surface area contributed by atoms with Crippen LogP contribution in [0.3, 0.4) is 0 Å². The van der Waals surface area contributed by atoms with Crippen LogP contribution in [-0.2, 0) is 0 Å². The van der Waals surface area contributed by atoms with Crippen LogP contribution >= 0.6 is 0 Å². The molecule has 0 spiro atoms. The third-order valence-electron chi connectivity index (χ3n) is 6.96. The Bertz CT molecular complexity index is 1920. The van der Waals surface area contributed by atoms with Gasteiger partial charge in [-0.3, -0.25) is 4.57 Å². The summed E-state index contributed by atoms with van der Waals surface area (Å²) in [4.78, 5) is 14.9. The molecule has 0 saturated carbocycles. The van der Waals surface area contributed by atoms with Crippen molar-refractivity contribution in [2.45, 2.75) is 0 Å². The van der Waals surface area contributed by atoms with E-state index < -0.39 is 0 Å². The van der Waals surface area contributed by atoms with Crippen LogP contribution in [0.15, 0.2) is 127 Å². The average molecular weight is 517 g/mol. The summed E-state index contributed by atoms with van der Waals surface area (Å²) in [6, 6.07) is 42.2. The van der Waals surface area contributed by atoms with Gasteiger partial charge in [0.1, 0.15) is 0 Å². The number of rotatable bonds is 6. The number of hydrogen-bond donors (Lipinski definition) is 2. The molecule has 0 amide bonds. The van der Waals surface area contributed by atoms with Crippen LogP contribution in [0, 0.1) is 5.41 Å². The lowest BCUT2D eigenvalue weighted by Crippen LogP contribution is -2.08. The SMILES string of the molecule is N=Cc1c(Nc2ccccc2)ccc2c3ccccc3n(-c3nc(-c4ccccc4)nc(-c4ccccc4)n3)c12. The van der Waals surface area contributed by atoms with Gasteiger partial charge in [0.25, 0.3) is 0 Å². The van der Waals surface area contributed by atoms with Gasteiger partial charge >= 0.3 is 0 Å². The van der Waals surface area contributed by atoms with Gasteiger partial charge in [-0.1, -0.05) is 103 Å². The molecule has 7 aromatic rings. The molecule has 0 bridgehead atoms. The second-order valence-electron chi connectivity index (χ2n) is 9.43. The number of nitrogens with one attached hydrogen (secondary N) is 2. The highest BCUT2D eigenvalue weighted by Gasteiger charge is 2.21. The topological polar surface area (TPSA) is 79.5 Å². The Labute approximate surface area is 231 Å². The number of nitrogens with zero attached hydrogens (tertiary/aromatic N) is 4. The van der Waals surface area contributed by atoms with Gasteiger partial charge in [-0.25, -0.2) is 4.98 Å². The van der Waals surface area contributed by atoms with Gasteiger partial charge in [-0.05, 0) is 24.3 Å². The van der Waals surface area contributed by atoms with Gasteiger partial charge in [-0.15, -0.1) is 0 Å². The number of benzene rings is 5. The van der Waals surface area contributed by atoms with E-state index in [1.54, 1.807) is 0 Å². The van der Waals surface area contributed by atoms with Crippen molar-refractivity contribution >= 4 is 39.4 Å². The Hall–Kier alpha value is -5.62. The van der Waals surface area contributed by atoms with Gasteiger partial charge in [0.15, 0.2) is 11.6 Å². The summed E-state index contributed by atoms with van der Waals surface area (Å²) in [6.45, 7) is 0. The van der Waals surface area contributed by atoms with Crippen LogP contribution in [0.2, 0.25) is 0 Å². The van der Waals surface area contributed by atoms with Gasteiger partial charge in [0, 0.05) is 45.1 Å². The summed E-state index contributed by atoms with van der Waals surface area (Å²) in [6.07, 6.45) is 1.40. The summed E-state index contributed by atoms with van der Waals surface area (Å²) < 4.78 is 2.06. The molecule has 2 heterocycles. The predicted octanol–water partition coefficient (Wildman–Crippen LogP) is 8.04. The van der Waals surface area contributed by atoms with Crippen LogP contribution in [0.4, 0.5) is 11.4 Å². The van der Waals surface area contributed by atoms with E-state index in [0.717, 1.165) is 49.9 Å². The molecule has 190 valence electrons. The van der Waals surface area contributed by atoms with Gasteiger partial charge < -0.3 is 10.7 Å². The average Bonchev–Trinajstić information content (AvgIpc) is 3.36. The molecule has 2 aromatic heterocycles. The van der Waals surface area contributed by atoms with Crippen molar-refractivity contribution in [3.63, 3.8) is 0 Å². The zero-order valence-electron chi connectivity index (χ0n) is 21.5. The first kappa shape index (κ1) is 23.5. The largest absolute Gasteiger partial charge is 0.355 e. The first-order valence-corrected chi connectivity index (χ1v) is 13.1. The van der Waals surface area contributed by atoms with Crippen molar-refractivity contribution in [1.82, 2.24) is 19.5 Å². The Morgan fingerprint density at radius 2 is 1.15 bits per heavy atom. The standard InChI is InChI=1S/C34H24N6/c35-22-28-29(36-25-16-8-3-9-17-25)21-20-27-26-18-10-11-19-30(26)40(31(27)28)34-38-32(23-12-4-1-5-13-23)37-33(39-34)24-14-6-2-7-15-24/h1-22,35-36H. The minimum Gasteiger partial charge on any atom is -0.355 e. The monoisotopic (exact) mass is 516 g/mol. The molecule has 0 fully saturated rings. The van der Waals surface area contributed by atoms with Crippen molar-refractivity contribution in [3.8, 4) is 28.7 Å². The number of aromatic nitrogens is 4. The molecular weight excluding hydrogens is 492 g/mol. The normalized spacial score (nSPS) is 11.1. The quantitative estimate of drug-likeness (QED) is 0.219. The summed E-state index contributed by atoms with van der Waals surface area (Å²) in [5.41, 5.74) is 6.16. The lowest BCUT2D eigenvalue weighted by Gasteiger charge is -2.14. The molecule has 40 heavy (non-hydrogen) atoms. The van der Waals surface area contributed by atoms with E-state index in [-0.39, 0.29) is 0 Å². The fourth-order valence-corrected chi connectivity index (χ4v) is 5.12. The highest BCUT2D eigenvalue weighted by molar-refractivity contribution is 6.16. The molecule has 0 saturated heterocycles. The van der Waals surface area contributed by atoms with Crippen molar-refractivity contribution < 1.29 is 0 Å². The first-order chi connectivity index (χ1) is 19.8. The molecular formula is C34H24N6. The lowest BCUT2D eigenvalue weighted by molar-refractivity contribution is 0.953. The van der Waals surface area contributed by atoms with E-state index in [1.165, 1.54) is 6.21 Å². The molecule has 0 radical (unpaired) electrons. The maximum Gasteiger partial charge on any atom is 0.238 e. The molecule has 0 aliphatic rings. The van der Waals surface area contributed by atoms with E-state index in [4.69, 9.17) is 20.4 Å². The molecule has 6 nitrogen and oxygen atoms in total. The summed E-state index contributed by atoms with van der Waals surface area (Å²) >= 11 is 0. The molecule has 7 rings (SSSR count). The molecule has 0 unspecified atom stereocenters. The molecule has 2 N–H and O–H groups in total. The molecule has 0 aliphatic carbocycles. The fourth-order valence-electron chi connectivity index (χ4n) is 5.12. The third-order valence-corrected chi connectivity index (χ3v) is 6.96. The molecule has 6 heteroatoms. The van der Waals surface area contributed by atoms with E-state index in [9.17, 15) is 0 Å². The highest BCUT2D eigenvalue weighted by atomic mass is 15.2. The van der Waals surface area contributed by atoms with Crippen LogP contribution in [0.25, 0.3) is 50.5 Å². The van der Waals surface area contributed by atoms with Crippen LogP contribution in [0.1, 0.15) is 5.56 Å². The summed E-state index contributed by atoms with van der Waals surface area (Å²) in [5.74, 6) is 1.68. The molecule has 0 atom stereocenters.